The van der Waals surface area contributed by atoms with E-state index in [4.69, 9.17) is 11.6 Å². The van der Waals surface area contributed by atoms with Gasteiger partial charge in [-0.1, -0.05) is 53.6 Å². The molecule has 2 rings (SSSR count). The molecule has 0 N–H and O–H groups in total. The van der Waals surface area contributed by atoms with Gasteiger partial charge in [0.25, 0.3) is 0 Å². The molecule has 2 aromatic carbocycles. The fraction of sp³-hybridized carbons (Fsp3) is 0.125. The molecule has 2 aromatic rings. The van der Waals surface area contributed by atoms with Gasteiger partial charge in [0.15, 0.2) is 5.78 Å². The zero-order valence-corrected chi connectivity index (χ0v) is 11.2. The second kappa shape index (κ2) is 5.69. The Kier molecular flexibility index (Phi) is 3.99. The summed E-state index contributed by atoms with van der Waals surface area (Å²) in [5.41, 5.74) is 2.20. The number of benzene rings is 2. The predicted octanol–water partition coefficient (Wildman–Crippen LogP) is 4.14. The van der Waals surface area contributed by atoms with E-state index in [0.29, 0.717) is 16.1 Å². The Bertz CT molecular complexity index is 658. The van der Waals surface area contributed by atoms with Crippen LogP contribution >= 0.6 is 11.6 Å². The lowest BCUT2D eigenvalue weighted by Crippen LogP contribution is -2.11. The van der Waals surface area contributed by atoms with E-state index in [1.54, 1.807) is 30.3 Å². The summed E-state index contributed by atoms with van der Waals surface area (Å²) >= 11 is 5.87. The van der Waals surface area contributed by atoms with Gasteiger partial charge in [-0.15, -0.1) is 0 Å². The summed E-state index contributed by atoms with van der Waals surface area (Å²) in [4.78, 5) is 12.4. The van der Waals surface area contributed by atoms with Gasteiger partial charge in [0.2, 0.25) is 0 Å². The zero-order valence-electron chi connectivity index (χ0n) is 10.4. The van der Waals surface area contributed by atoms with Crippen LogP contribution in [-0.2, 0) is 0 Å². The SMILES string of the molecule is Cc1cccc(C(C#N)C(=O)c2cccc(Cl)c2)c1. The van der Waals surface area contributed by atoms with Crippen LogP contribution in [0.3, 0.4) is 0 Å². The molecule has 19 heavy (non-hydrogen) atoms. The lowest BCUT2D eigenvalue weighted by atomic mass is 9.91. The fourth-order valence-electron chi connectivity index (χ4n) is 1.94. The highest BCUT2D eigenvalue weighted by atomic mass is 35.5. The molecule has 0 aliphatic carbocycles. The number of carbonyl (C=O) groups is 1. The van der Waals surface area contributed by atoms with E-state index in [9.17, 15) is 10.1 Å². The Morgan fingerprint density at radius 2 is 1.95 bits per heavy atom. The van der Waals surface area contributed by atoms with Gasteiger partial charge in [0.1, 0.15) is 5.92 Å². The highest BCUT2D eigenvalue weighted by Crippen LogP contribution is 2.22. The third-order valence-electron chi connectivity index (χ3n) is 2.88. The smallest absolute Gasteiger partial charge is 0.184 e. The average Bonchev–Trinajstić information content (AvgIpc) is 2.39. The molecule has 1 atom stereocenters. The van der Waals surface area contributed by atoms with E-state index in [1.165, 1.54) is 0 Å². The molecule has 0 spiro atoms. The second-order valence-electron chi connectivity index (χ2n) is 4.35. The lowest BCUT2D eigenvalue weighted by Gasteiger charge is -2.09. The van der Waals surface area contributed by atoms with Crippen molar-refractivity contribution < 1.29 is 4.79 Å². The van der Waals surface area contributed by atoms with Crippen LogP contribution in [0.1, 0.15) is 27.4 Å². The van der Waals surface area contributed by atoms with Crippen molar-refractivity contribution >= 4 is 17.4 Å². The van der Waals surface area contributed by atoms with Gasteiger partial charge in [-0.2, -0.15) is 5.26 Å². The number of rotatable bonds is 3. The minimum Gasteiger partial charge on any atom is -0.292 e. The number of Topliss-reactive ketones (excluding diaryl/α,β-unsaturated/α-hetero) is 1. The second-order valence-corrected chi connectivity index (χ2v) is 4.79. The molecule has 3 heteroatoms. The van der Waals surface area contributed by atoms with Crippen LogP contribution in [0.5, 0.6) is 0 Å². The standard InChI is InChI=1S/C16H12ClNO/c1-11-4-2-5-12(8-11)15(10-18)16(19)13-6-3-7-14(17)9-13/h2-9,15H,1H3. The molecular formula is C16H12ClNO. The van der Waals surface area contributed by atoms with Crippen molar-refractivity contribution in [1.82, 2.24) is 0 Å². The van der Waals surface area contributed by atoms with Crippen LogP contribution in [0, 0.1) is 18.3 Å². The maximum Gasteiger partial charge on any atom is 0.184 e. The number of nitrogens with zero attached hydrogens (tertiary/aromatic N) is 1. The first-order chi connectivity index (χ1) is 9.11. The summed E-state index contributed by atoms with van der Waals surface area (Å²) < 4.78 is 0. The molecular weight excluding hydrogens is 258 g/mol. The molecule has 0 amide bonds. The Morgan fingerprint density at radius 1 is 1.21 bits per heavy atom. The Morgan fingerprint density at radius 3 is 2.58 bits per heavy atom. The maximum atomic E-state index is 12.4. The van der Waals surface area contributed by atoms with Crippen LogP contribution in [0.4, 0.5) is 0 Å². The average molecular weight is 270 g/mol. The van der Waals surface area contributed by atoms with E-state index in [0.717, 1.165) is 5.56 Å². The Labute approximate surface area is 117 Å². The summed E-state index contributed by atoms with van der Waals surface area (Å²) in [5, 5.41) is 9.76. The fourth-order valence-corrected chi connectivity index (χ4v) is 2.13. The largest absolute Gasteiger partial charge is 0.292 e. The number of nitriles is 1. The first-order valence-corrected chi connectivity index (χ1v) is 6.25. The highest BCUT2D eigenvalue weighted by Gasteiger charge is 2.21. The molecule has 0 heterocycles. The van der Waals surface area contributed by atoms with Crippen molar-refractivity contribution in [3.8, 4) is 6.07 Å². The summed E-state index contributed by atoms with van der Waals surface area (Å²) in [6, 6.07) is 16.2. The molecule has 0 radical (unpaired) electrons. The third-order valence-corrected chi connectivity index (χ3v) is 3.11. The molecule has 1 unspecified atom stereocenters. The van der Waals surface area contributed by atoms with E-state index in [-0.39, 0.29) is 5.78 Å². The van der Waals surface area contributed by atoms with Gasteiger partial charge in [-0.25, -0.2) is 0 Å². The van der Waals surface area contributed by atoms with E-state index in [2.05, 4.69) is 6.07 Å². The van der Waals surface area contributed by atoms with Crippen molar-refractivity contribution in [1.29, 1.82) is 5.26 Å². The van der Waals surface area contributed by atoms with Crippen LogP contribution in [0.25, 0.3) is 0 Å². The number of hydrogen-bond donors (Lipinski definition) is 0. The first-order valence-electron chi connectivity index (χ1n) is 5.88. The number of carbonyl (C=O) groups excluding carboxylic acids is 1. The van der Waals surface area contributed by atoms with Crippen molar-refractivity contribution in [2.45, 2.75) is 12.8 Å². The molecule has 0 aromatic heterocycles. The van der Waals surface area contributed by atoms with Gasteiger partial charge in [0, 0.05) is 10.6 Å². The third kappa shape index (κ3) is 3.01. The number of ketones is 1. The Hall–Kier alpha value is -2.11. The van der Waals surface area contributed by atoms with Gasteiger partial charge in [-0.3, -0.25) is 4.79 Å². The normalized spacial score (nSPS) is 11.6. The monoisotopic (exact) mass is 269 g/mol. The minimum absolute atomic E-state index is 0.226. The molecule has 0 aliphatic heterocycles. The highest BCUT2D eigenvalue weighted by molar-refractivity contribution is 6.31. The predicted molar refractivity (Wildman–Crippen MR) is 75.3 cm³/mol. The molecule has 0 bridgehead atoms. The Balaban J connectivity index is 2.38. The number of aryl methyl sites for hydroxylation is 1. The molecule has 0 fully saturated rings. The van der Waals surface area contributed by atoms with Gasteiger partial charge < -0.3 is 0 Å². The quantitative estimate of drug-likeness (QED) is 0.786. The number of halogens is 1. The summed E-state index contributed by atoms with van der Waals surface area (Å²) in [7, 11) is 0. The van der Waals surface area contributed by atoms with Crippen LogP contribution < -0.4 is 0 Å². The van der Waals surface area contributed by atoms with Crippen LogP contribution in [-0.4, -0.2) is 5.78 Å². The van der Waals surface area contributed by atoms with Crippen molar-refractivity contribution in [3.63, 3.8) is 0 Å². The number of hydrogen-bond acceptors (Lipinski definition) is 2. The molecule has 0 saturated heterocycles. The molecule has 0 saturated carbocycles. The van der Waals surface area contributed by atoms with Crippen molar-refractivity contribution in [2.24, 2.45) is 0 Å². The van der Waals surface area contributed by atoms with Crippen molar-refractivity contribution in [2.75, 3.05) is 0 Å². The van der Waals surface area contributed by atoms with E-state index in [1.807, 2.05) is 25.1 Å². The minimum atomic E-state index is -0.793. The van der Waals surface area contributed by atoms with Crippen LogP contribution in [0.2, 0.25) is 5.02 Å². The summed E-state index contributed by atoms with van der Waals surface area (Å²) in [5.74, 6) is -1.02. The van der Waals surface area contributed by atoms with Crippen LogP contribution in [0.15, 0.2) is 48.5 Å². The van der Waals surface area contributed by atoms with E-state index < -0.39 is 5.92 Å². The lowest BCUT2D eigenvalue weighted by molar-refractivity contribution is 0.0979. The first kappa shape index (κ1) is 13.3. The van der Waals surface area contributed by atoms with Gasteiger partial charge >= 0.3 is 0 Å². The maximum absolute atomic E-state index is 12.4. The topological polar surface area (TPSA) is 40.9 Å². The van der Waals surface area contributed by atoms with E-state index >= 15 is 0 Å². The summed E-state index contributed by atoms with van der Waals surface area (Å²) in [6.07, 6.45) is 0. The van der Waals surface area contributed by atoms with Crippen molar-refractivity contribution in [3.05, 3.63) is 70.2 Å². The van der Waals surface area contributed by atoms with Gasteiger partial charge in [0.05, 0.1) is 6.07 Å². The summed E-state index contributed by atoms with van der Waals surface area (Å²) in [6.45, 7) is 1.93. The molecule has 2 nitrogen and oxygen atoms in total. The van der Waals surface area contributed by atoms with Gasteiger partial charge in [-0.05, 0) is 24.6 Å². The molecule has 94 valence electrons. The molecule has 0 aliphatic rings. The zero-order chi connectivity index (χ0) is 13.8.